The zero-order valence-electron chi connectivity index (χ0n) is 15.1. The molecule has 0 radical (unpaired) electrons. The van der Waals surface area contributed by atoms with Crippen LogP contribution in [-0.4, -0.2) is 18.2 Å². The fourth-order valence-electron chi connectivity index (χ4n) is 2.51. The monoisotopic (exact) mass is 398 g/mol. The van der Waals surface area contributed by atoms with E-state index in [1.165, 1.54) is 13.2 Å². The number of hydrogen-bond acceptors (Lipinski definition) is 6. The first kappa shape index (κ1) is 21.0. The van der Waals surface area contributed by atoms with Gasteiger partial charge in [-0.25, -0.2) is 8.78 Å². The molecule has 0 aliphatic heterocycles. The maximum Gasteiger partial charge on any atom is 0.306 e. The lowest BCUT2D eigenvalue weighted by Gasteiger charge is -2.20. The summed E-state index contributed by atoms with van der Waals surface area (Å²) in [4.78, 5) is 24.0. The van der Waals surface area contributed by atoms with E-state index in [1.807, 2.05) is 13.8 Å². The van der Waals surface area contributed by atoms with Crippen LogP contribution in [0.5, 0.6) is 5.75 Å². The average molecular weight is 398 g/mol. The van der Waals surface area contributed by atoms with Gasteiger partial charge in [-0.1, -0.05) is 13.8 Å². The molecule has 27 heavy (non-hydrogen) atoms. The summed E-state index contributed by atoms with van der Waals surface area (Å²) in [6.45, 7) is 3.64. The van der Waals surface area contributed by atoms with Gasteiger partial charge in [-0.05, 0) is 18.1 Å². The normalized spacial score (nSPS) is 12.2. The molecule has 0 saturated carbocycles. The topological polar surface area (TPSA) is 76.7 Å². The van der Waals surface area contributed by atoms with Crippen molar-refractivity contribution in [3.8, 4) is 5.75 Å². The van der Waals surface area contributed by atoms with Gasteiger partial charge in [-0.15, -0.1) is 11.8 Å². The fourth-order valence-corrected chi connectivity index (χ4v) is 3.31. The first-order valence-corrected chi connectivity index (χ1v) is 9.22. The van der Waals surface area contributed by atoms with Crippen LogP contribution in [0.4, 0.5) is 8.78 Å². The van der Waals surface area contributed by atoms with Crippen LogP contribution in [0.25, 0.3) is 0 Å². The predicted octanol–water partition coefficient (Wildman–Crippen LogP) is 4.22. The highest BCUT2D eigenvalue weighted by Gasteiger charge is 2.27. The summed E-state index contributed by atoms with van der Waals surface area (Å²) in [5, 5.41) is 10.1. The van der Waals surface area contributed by atoms with Gasteiger partial charge in [0, 0.05) is 22.9 Å². The molecule has 0 unspecified atom stereocenters. The second-order valence-electron chi connectivity index (χ2n) is 6.28. The van der Waals surface area contributed by atoms with Crippen LogP contribution in [-0.2, 0) is 15.3 Å². The molecule has 1 aromatic carbocycles. The van der Waals surface area contributed by atoms with Crippen LogP contribution in [0, 0.1) is 17.6 Å². The first-order chi connectivity index (χ1) is 12.7. The molecule has 2 aromatic rings. The Morgan fingerprint density at radius 2 is 2.00 bits per heavy atom. The summed E-state index contributed by atoms with van der Waals surface area (Å²) in [7, 11) is 1.25. The van der Waals surface area contributed by atoms with Gasteiger partial charge in [0.05, 0.1) is 19.3 Å². The Bertz CT molecular complexity index is 879. The van der Waals surface area contributed by atoms with Crippen molar-refractivity contribution in [1.82, 2.24) is 0 Å². The van der Waals surface area contributed by atoms with E-state index < -0.39 is 34.7 Å². The molecule has 1 N–H and O–H groups in total. The number of halogens is 2. The molecule has 1 aromatic heterocycles. The van der Waals surface area contributed by atoms with Crippen molar-refractivity contribution in [2.24, 2.45) is 5.92 Å². The van der Waals surface area contributed by atoms with Crippen molar-refractivity contribution < 1.29 is 27.8 Å². The smallest absolute Gasteiger partial charge is 0.306 e. The Hall–Kier alpha value is -2.35. The lowest BCUT2D eigenvalue weighted by molar-refractivity contribution is -0.141. The molecule has 0 aliphatic carbocycles. The Labute approximate surface area is 159 Å². The van der Waals surface area contributed by atoms with Gasteiger partial charge >= 0.3 is 5.97 Å². The highest BCUT2D eigenvalue weighted by atomic mass is 32.2. The molecular formula is C19H20F2O5S. The maximum atomic E-state index is 13.7. The van der Waals surface area contributed by atoms with Crippen LogP contribution in [0.2, 0.25) is 0 Å². The van der Waals surface area contributed by atoms with Crippen molar-refractivity contribution in [2.75, 3.05) is 7.11 Å². The Morgan fingerprint density at radius 3 is 2.59 bits per heavy atom. The third-order valence-corrected chi connectivity index (χ3v) is 5.09. The quantitative estimate of drug-likeness (QED) is 0.556. The summed E-state index contributed by atoms with van der Waals surface area (Å²) in [6, 6.07) is 4.31. The van der Waals surface area contributed by atoms with Crippen molar-refractivity contribution in [3.63, 3.8) is 0 Å². The average Bonchev–Trinajstić information content (AvgIpc) is 2.61. The predicted molar refractivity (Wildman–Crippen MR) is 96.8 cm³/mol. The molecule has 0 bridgehead atoms. The van der Waals surface area contributed by atoms with E-state index in [1.54, 1.807) is 0 Å². The number of ether oxygens (including phenoxy) is 1. The van der Waals surface area contributed by atoms with E-state index in [4.69, 9.17) is 4.42 Å². The van der Waals surface area contributed by atoms with Gasteiger partial charge in [-0.2, -0.15) is 0 Å². The van der Waals surface area contributed by atoms with E-state index in [0.29, 0.717) is 0 Å². The van der Waals surface area contributed by atoms with E-state index in [-0.39, 0.29) is 34.5 Å². The molecule has 146 valence electrons. The minimum absolute atomic E-state index is 0.00178. The molecule has 8 heteroatoms. The van der Waals surface area contributed by atoms with E-state index in [2.05, 4.69) is 4.74 Å². The van der Waals surface area contributed by atoms with E-state index in [0.717, 1.165) is 30.0 Å². The number of hydrogen-bond donors (Lipinski definition) is 1. The summed E-state index contributed by atoms with van der Waals surface area (Å²) < 4.78 is 37.1. The molecule has 2 rings (SSSR count). The lowest BCUT2D eigenvalue weighted by Crippen LogP contribution is -2.16. The van der Waals surface area contributed by atoms with E-state index in [9.17, 15) is 23.5 Å². The van der Waals surface area contributed by atoms with Gasteiger partial charge in [0.25, 0.3) is 0 Å². The number of benzene rings is 1. The SMILES string of the molecule is COC(=O)C[C@@H](c1oc(CSc2ccc(F)cc2F)cc(=O)c1O)C(C)C. The fraction of sp³-hybridized carbons (Fsp3) is 0.368. The Morgan fingerprint density at radius 1 is 1.30 bits per heavy atom. The largest absolute Gasteiger partial charge is 0.502 e. The zero-order valence-corrected chi connectivity index (χ0v) is 15.9. The second-order valence-corrected chi connectivity index (χ2v) is 7.30. The van der Waals surface area contributed by atoms with Crippen molar-refractivity contribution in [1.29, 1.82) is 0 Å². The van der Waals surface area contributed by atoms with Gasteiger partial charge in [-0.3, -0.25) is 9.59 Å². The molecule has 0 amide bonds. The van der Waals surface area contributed by atoms with Crippen LogP contribution in [0.1, 0.15) is 37.7 Å². The molecule has 1 atom stereocenters. The van der Waals surface area contributed by atoms with Gasteiger partial charge in [0.15, 0.2) is 5.76 Å². The number of carbonyl (C=O) groups is 1. The highest BCUT2D eigenvalue weighted by Crippen LogP contribution is 2.34. The maximum absolute atomic E-state index is 13.7. The molecule has 1 heterocycles. The molecule has 5 nitrogen and oxygen atoms in total. The number of carbonyl (C=O) groups excluding carboxylic acids is 1. The molecule has 0 saturated heterocycles. The Kier molecular flexibility index (Phi) is 7.01. The first-order valence-electron chi connectivity index (χ1n) is 8.23. The summed E-state index contributed by atoms with van der Waals surface area (Å²) in [5.74, 6) is -2.83. The van der Waals surface area contributed by atoms with Gasteiger partial charge < -0.3 is 14.3 Å². The molecule has 0 aliphatic rings. The highest BCUT2D eigenvalue weighted by molar-refractivity contribution is 7.98. The third-order valence-electron chi connectivity index (χ3n) is 4.02. The number of thioether (sulfide) groups is 1. The summed E-state index contributed by atoms with van der Waals surface area (Å²) in [6.07, 6.45) is -0.0617. The van der Waals surface area contributed by atoms with Gasteiger partial charge in [0.1, 0.15) is 17.4 Å². The van der Waals surface area contributed by atoms with E-state index >= 15 is 0 Å². The van der Waals surface area contributed by atoms with Crippen LogP contribution in [0.3, 0.4) is 0 Å². The Balaban J connectivity index is 2.31. The lowest BCUT2D eigenvalue weighted by atomic mass is 9.89. The second kappa shape index (κ2) is 9.03. The molecular weight excluding hydrogens is 378 g/mol. The third kappa shape index (κ3) is 5.32. The zero-order chi connectivity index (χ0) is 20.1. The number of esters is 1. The summed E-state index contributed by atoms with van der Waals surface area (Å²) in [5.41, 5.74) is -0.651. The van der Waals surface area contributed by atoms with Crippen molar-refractivity contribution in [3.05, 3.63) is 57.6 Å². The number of aromatic hydroxyl groups is 1. The minimum Gasteiger partial charge on any atom is -0.502 e. The number of rotatable bonds is 7. The van der Waals surface area contributed by atoms with Crippen molar-refractivity contribution >= 4 is 17.7 Å². The summed E-state index contributed by atoms with van der Waals surface area (Å²) >= 11 is 1.02. The van der Waals surface area contributed by atoms with Crippen LogP contribution in [0.15, 0.2) is 38.4 Å². The van der Waals surface area contributed by atoms with Crippen LogP contribution < -0.4 is 5.43 Å². The van der Waals surface area contributed by atoms with Gasteiger partial charge in [0.2, 0.25) is 11.2 Å². The number of methoxy groups -OCH3 is 1. The van der Waals surface area contributed by atoms with Crippen LogP contribution >= 0.6 is 11.8 Å². The molecule has 0 fully saturated rings. The van der Waals surface area contributed by atoms with Crippen molar-refractivity contribution in [2.45, 2.75) is 36.8 Å². The minimum atomic E-state index is -0.716. The standard InChI is InChI=1S/C19H20F2O5S/c1-10(2)13(8-17(23)25-3)19-18(24)15(22)7-12(26-19)9-27-16-5-4-11(20)6-14(16)21/h4-7,10,13,24H,8-9H2,1-3H3/t13-/m1/s1. The molecule has 0 spiro atoms.